The highest BCUT2D eigenvalue weighted by atomic mass is 35.5. The van der Waals surface area contributed by atoms with E-state index in [2.05, 4.69) is 15.6 Å². The lowest BCUT2D eigenvalue weighted by molar-refractivity contribution is -0.126. The van der Waals surface area contributed by atoms with Crippen molar-refractivity contribution in [3.63, 3.8) is 0 Å². The van der Waals surface area contributed by atoms with Gasteiger partial charge in [0.05, 0.1) is 13.2 Å². The Morgan fingerprint density at radius 2 is 1.86 bits per heavy atom. The van der Waals surface area contributed by atoms with Crippen molar-refractivity contribution in [1.82, 2.24) is 15.6 Å². The molecule has 0 spiro atoms. The second-order valence-corrected chi connectivity index (χ2v) is 6.07. The van der Waals surface area contributed by atoms with Crippen molar-refractivity contribution in [3.05, 3.63) is 59.9 Å². The van der Waals surface area contributed by atoms with E-state index in [0.29, 0.717) is 31.9 Å². The number of anilines is 1. The van der Waals surface area contributed by atoms with E-state index in [1.807, 2.05) is 24.3 Å². The highest BCUT2D eigenvalue weighted by molar-refractivity contribution is 6.05. The van der Waals surface area contributed by atoms with Gasteiger partial charge in [-0.15, -0.1) is 24.8 Å². The maximum Gasteiger partial charge on any atom is 0.258 e. The van der Waals surface area contributed by atoms with Gasteiger partial charge < -0.3 is 20.3 Å². The standard InChI is InChI=1S/C19H22N4O3.2ClH/c1-23(19(25)15-6-8-20-9-7-15)16-4-2-14(3-5-16)12-22-18(24)17-13-26-11-10-21-17;;/h2-9,17,21H,10-13H2,1H3,(H,22,24);2*1H. The number of ether oxygens (including phenoxy) is 1. The molecule has 2 N–H and O–H groups in total. The summed E-state index contributed by atoms with van der Waals surface area (Å²) in [5, 5.41) is 6.02. The number of carbonyl (C=O) groups excluding carboxylic acids is 2. The van der Waals surface area contributed by atoms with E-state index in [4.69, 9.17) is 4.74 Å². The number of rotatable bonds is 5. The Bertz CT molecular complexity index is 754. The number of benzene rings is 1. The van der Waals surface area contributed by atoms with Crippen LogP contribution in [0.4, 0.5) is 5.69 Å². The van der Waals surface area contributed by atoms with Gasteiger partial charge in [-0.25, -0.2) is 0 Å². The van der Waals surface area contributed by atoms with Gasteiger partial charge >= 0.3 is 0 Å². The number of hydrogen-bond donors (Lipinski definition) is 2. The molecule has 0 radical (unpaired) electrons. The second kappa shape index (κ2) is 11.6. The highest BCUT2D eigenvalue weighted by Gasteiger charge is 2.20. The van der Waals surface area contributed by atoms with Crippen molar-refractivity contribution in [1.29, 1.82) is 0 Å². The van der Waals surface area contributed by atoms with Gasteiger partial charge in [0.15, 0.2) is 0 Å². The van der Waals surface area contributed by atoms with Crippen LogP contribution in [0.1, 0.15) is 15.9 Å². The van der Waals surface area contributed by atoms with Crippen LogP contribution in [0.25, 0.3) is 0 Å². The summed E-state index contributed by atoms with van der Waals surface area (Å²) in [7, 11) is 1.73. The fraction of sp³-hybridized carbons (Fsp3) is 0.316. The molecule has 3 rings (SSSR count). The first kappa shape index (κ1) is 23.8. The fourth-order valence-electron chi connectivity index (χ4n) is 2.69. The zero-order valence-electron chi connectivity index (χ0n) is 15.5. The molecule has 2 aromatic rings. The number of halogens is 2. The van der Waals surface area contributed by atoms with Gasteiger partial charge in [-0.05, 0) is 29.8 Å². The molecule has 1 unspecified atom stereocenters. The van der Waals surface area contributed by atoms with Crippen LogP contribution in [0.15, 0.2) is 48.8 Å². The average Bonchev–Trinajstić information content (AvgIpc) is 2.72. The van der Waals surface area contributed by atoms with Crippen molar-refractivity contribution in [3.8, 4) is 0 Å². The molecule has 1 aromatic carbocycles. The third-order valence-corrected chi connectivity index (χ3v) is 4.26. The molecule has 28 heavy (non-hydrogen) atoms. The molecular weight excluding hydrogens is 403 g/mol. The first-order chi connectivity index (χ1) is 12.6. The monoisotopic (exact) mass is 426 g/mol. The smallest absolute Gasteiger partial charge is 0.258 e. The lowest BCUT2D eigenvalue weighted by atomic mass is 10.1. The maximum atomic E-state index is 12.4. The Balaban J connectivity index is 0.00000196. The highest BCUT2D eigenvalue weighted by Crippen LogP contribution is 2.16. The summed E-state index contributed by atoms with van der Waals surface area (Å²) >= 11 is 0. The zero-order chi connectivity index (χ0) is 18.4. The van der Waals surface area contributed by atoms with E-state index in [9.17, 15) is 9.59 Å². The van der Waals surface area contributed by atoms with E-state index < -0.39 is 0 Å². The minimum absolute atomic E-state index is 0. The lowest BCUT2D eigenvalue weighted by Crippen LogP contribution is -2.51. The number of hydrogen-bond acceptors (Lipinski definition) is 5. The van der Waals surface area contributed by atoms with Crippen LogP contribution in [0.2, 0.25) is 0 Å². The van der Waals surface area contributed by atoms with Gasteiger partial charge in [-0.3, -0.25) is 14.6 Å². The van der Waals surface area contributed by atoms with Gasteiger partial charge in [0.1, 0.15) is 6.04 Å². The molecule has 1 saturated heterocycles. The van der Waals surface area contributed by atoms with Crippen molar-refractivity contribution < 1.29 is 14.3 Å². The summed E-state index contributed by atoms with van der Waals surface area (Å²) in [5.41, 5.74) is 2.33. The molecule has 2 heterocycles. The van der Waals surface area contributed by atoms with Crippen molar-refractivity contribution in [2.75, 3.05) is 31.7 Å². The molecule has 1 fully saturated rings. The van der Waals surface area contributed by atoms with Crippen molar-refractivity contribution in [2.45, 2.75) is 12.6 Å². The van der Waals surface area contributed by atoms with Gasteiger partial charge in [0.2, 0.25) is 5.91 Å². The van der Waals surface area contributed by atoms with Gasteiger partial charge in [-0.2, -0.15) is 0 Å². The number of amides is 2. The summed E-state index contributed by atoms with van der Waals surface area (Å²) in [6.45, 7) is 2.15. The predicted molar refractivity (Wildman–Crippen MR) is 112 cm³/mol. The molecule has 1 aliphatic rings. The van der Waals surface area contributed by atoms with Crippen LogP contribution in [0, 0.1) is 0 Å². The van der Waals surface area contributed by atoms with E-state index in [-0.39, 0.29) is 42.7 Å². The van der Waals surface area contributed by atoms with E-state index in [1.165, 1.54) is 0 Å². The second-order valence-electron chi connectivity index (χ2n) is 6.07. The summed E-state index contributed by atoms with van der Waals surface area (Å²) in [4.78, 5) is 30.0. The maximum absolute atomic E-state index is 12.4. The van der Waals surface area contributed by atoms with Crippen LogP contribution in [0.5, 0.6) is 0 Å². The molecule has 9 heteroatoms. The molecule has 7 nitrogen and oxygen atoms in total. The molecular formula is C19H24Cl2N4O3. The normalized spacial score (nSPS) is 15.5. The van der Waals surface area contributed by atoms with E-state index in [0.717, 1.165) is 11.3 Å². The number of morpholine rings is 1. The average molecular weight is 427 g/mol. The molecule has 1 aliphatic heterocycles. The third-order valence-electron chi connectivity index (χ3n) is 4.26. The lowest BCUT2D eigenvalue weighted by Gasteiger charge is -2.23. The largest absolute Gasteiger partial charge is 0.378 e. The topological polar surface area (TPSA) is 83.6 Å². The summed E-state index contributed by atoms with van der Waals surface area (Å²) in [6.07, 6.45) is 3.19. The van der Waals surface area contributed by atoms with Crippen LogP contribution >= 0.6 is 24.8 Å². The molecule has 1 aromatic heterocycles. The van der Waals surface area contributed by atoms with Crippen LogP contribution in [0.3, 0.4) is 0 Å². The van der Waals surface area contributed by atoms with Gasteiger partial charge in [0.25, 0.3) is 5.91 Å². The Labute approximate surface area is 176 Å². The molecule has 1 atom stereocenters. The van der Waals surface area contributed by atoms with Crippen molar-refractivity contribution in [2.24, 2.45) is 0 Å². The number of nitrogens with one attached hydrogen (secondary N) is 2. The van der Waals surface area contributed by atoms with Crippen LogP contribution in [-0.4, -0.2) is 49.6 Å². The Morgan fingerprint density at radius 3 is 2.46 bits per heavy atom. The molecule has 2 amide bonds. The molecule has 0 aliphatic carbocycles. The quantitative estimate of drug-likeness (QED) is 0.761. The van der Waals surface area contributed by atoms with E-state index in [1.54, 1.807) is 36.5 Å². The fourth-order valence-corrected chi connectivity index (χ4v) is 2.69. The number of nitrogens with zero attached hydrogens (tertiary/aromatic N) is 2. The first-order valence-corrected chi connectivity index (χ1v) is 8.51. The number of carbonyl (C=O) groups is 2. The molecule has 0 bridgehead atoms. The van der Waals surface area contributed by atoms with E-state index >= 15 is 0 Å². The van der Waals surface area contributed by atoms with Gasteiger partial charge in [-0.1, -0.05) is 12.1 Å². The van der Waals surface area contributed by atoms with Crippen LogP contribution in [-0.2, 0) is 16.1 Å². The van der Waals surface area contributed by atoms with Gasteiger partial charge in [0, 0.05) is 43.8 Å². The Morgan fingerprint density at radius 1 is 1.18 bits per heavy atom. The zero-order valence-corrected chi connectivity index (χ0v) is 17.1. The minimum atomic E-state index is -0.299. The third kappa shape index (κ3) is 6.17. The SMILES string of the molecule is CN(C(=O)c1ccncc1)c1ccc(CNC(=O)C2COCCN2)cc1.Cl.Cl. The van der Waals surface area contributed by atoms with Crippen molar-refractivity contribution >= 4 is 42.3 Å². The summed E-state index contributed by atoms with van der Waals surface area (Å²) in [5.74, 6) is -0.171. The minimum Gasteiger partial charge on any atom is -0.378 e. The van der Waals surface area contributed by atoms with Crippen LogP contribution < -0.4 is 15.5 Å². The summed E-state index contributed by atoms with van der Waals surface area (Å²) < 4.78 is 5.29. The number of pyridine rings is 1. The summed E-state index contributed by atoms with van der Waals surface area (Å²) in [6, 6.07) is 10.6. The number of aromatic nitrogens is 1. The Kier molecular flexibility index (Phi) is 9.89. The molecule has 0 saturated carbocycles. The molecule has 152 valence electrons. The predicted octanol–water partition coefficient (Wildman–Crippen LogP) is 1.81. The first-order valence-electron chi connectivity index (χ1n) is 8.51. The Hall–Kier alpha value is -2.19.